The van der Waals surface area contributed by atoms with E-state index in [1.807, 2.05) is 27.7 Å². The molecule has 1 rings (SSSR count). The van der Waals surface area contributed by atoms with E-state index < -0.39 is 11.0 Å². The van der Waals surface area contributed by atoms with Crippen molar-refractivity contribution >= 4 is 5.91 Å². The number of carbonyl (C=O) groups excluding carboxylic acids is 1. The Morgan fingerprint density at radius 1 is 1.38 bits per heavy atom. The Morgan fingerprint density at radius 3 is 2.25 bits per heavy atom. The van der Waals surface area contributed by atoms with E-state index in [2.05, 4.69) is 12.2 Å². The number of nitrogens with two attached hydrogens (primary N) is 1. The third-order valence-electron chi connectivity index (χ3n) is 3.94. The van der Waals surface area contributed by atoms with Crippen LogP contribution in [-0.4, -0.2) is 17.5 Å². The van der Waals surface area contributed by atoms with E-state index in [1.165, 1.54) is 12.8 Å². The molecule has 3 nitrogen and oxygen atoms in total. The van der Waals surface area contributed by atoms with Crippen molar-refractivity contribution in [1.29, 1.82) is 0 Å². The molecule has 0 aliphatic heterocycles. The first kappa shape index (κ1) is 13.5. The predicted octanol–water partition coefficient (Wildman–Crippen LogP) is 2.05. The Kier molecular flexibility index (Phi) is 3.68. The lowest BCUT2D eigenvalue weighted by atomic mass is 9.74. The van der Waals surface area contributed by atoms with Crippen LogP contribution in [0.4, 0.5) is 0 Å². The lowest BCUT2D eigenvalue weighted by Gasteiger charge is -2.37. The number of hydrogen-bond donors (Lipinski definition) is 2. The van der Waals surface area contributed by atoms with Crippen molar-refractivity contribution in [3.05, 3.63) is 0 Å². The molecule has 94 valence electrons. The molecule has 1 unspecified atom stereocenters. The van der Waals surface area contributed by atoms with Gasteiger partial charge in [0.25, 0.3) is 0 Å². The molecule has 1 saturated carbocycles. The second-order valence-corrected chi connectivity index (χ2v) is 6.40. The lowest BCUT2D eigenvalue weighted by molar-refractivity contribution is -0.132. The molecule has 0 aromatic heterocycles. The van der Waals surface area contributed by atoms with Gasteiger partial charge in [0.1, 0.15) is 0 Å². The van der Waals surface area contributed by atoms with Crippen LogP contribution in [0.5, 0.6) is 0 Å². The van der Waals surface area contributed by atoms with Gasteiger partial charge in [-0.1, -0.05) is 12.8 Å². The number of amides is 1. The summed E-state index contributed by atoms with van der Waals surface area (Å²) in [5, 5.41) is 3.08. The van der Waals surface area contributed by atoms with E-state index in [-0.39, 0.29) is 11.9 Å². The maximum Gasteiger partial charge on any atom is 0.227 e. The molecule has 0 bridgehead atoms. The minimum atomic E-state index is -0.537. The number of rotatable bonds is 5. The summed E-state index contributed by atoms with van der Waals surface area (Å²) < 4.78 is 0. The molecular weight excluding hydrogens is 200 g/mol. The molecule has 1 aliphatic rings. The van der Waals surface area contributed by atoms with E-state index in [1.54, 1.807) is 0 Å². The van der Waals surface area contributed by atoms with Crippen LogP contribution >= 0.6 is 0 Å². The smallest absolute Gasteiger partial charge is 0.227 e. The SMILES string of the molecule is CC(CC1CC1)NC(=O)C(C)(C)C(C)(C)N. The van der Waals surface area contributed by atoms with Gasteiger partial charge in [0.05, 0.1) is 5.41 Å². The molecule has 0 spiro atoms. The van der Waals surface area contributed by atoms with Crippen LogP contribution in [0.1, 0.15) is 53.9 Å². The van der Waals surface area contributed by atoms with Crippen molar-refractivity contribution in [2.24, 2.45) is 17.1 Å². The van der Waals surface area contributed by atoms with Gasteiger partial charge in [-0.05, 0) is 47.0 Å². The Labute approximate surface area is 99.2 Å². The minimum Gasteiger partial charge on any atom is -0.353 e. The van der Waals surface area contributed by atoms with Gasteiger partial charge in [0.2, 0.25) is 5.91 Å². The summed E-state index contributed by atoms with van der Waals surface area (Å²) in [6, 6.07) is 0.265. The maximum absolute atomic E-state index is 12.1. The standard InChI is InChI=1S/C13H26N2O/c1-9(8-10-6-7-10)15-11(16)12(2,3)13(4,5)14/h9-10H,6-8,14H2,1-5H3,(H,15,16). The van der Waals surface area contributed by atoms with Crippen LogP contribution in [0.15, 0.2) is 0 Å². The number of hydrogen-bond acceptors (Lipinski definition) is 2. The molecule has 3 N–H and O–H groups in total. The summed E-state index contributed by atoms with van der Waals surface area (Å²) in [5.41, 5.74) is 5.00. The Bertz CT molecular complexity index is 262. The highest BCUT2D eigenvalue weighted by Crippen LogP contribution is 2.34. The van der Waals surface area contributed by atoms with Gasteiger partial charge in [-0.2, -0.15) is 0 Å². The van der Waals surface area contributed by atoms with Crippen molar-refractivity contribution in [3.63, 3.8) is 0 Å². The van der Waals surface area contributed by atoms with Gasteiger partial charge in [-0.3, -0.25) is 4.79 Å². The van der Waals surface area contributed by atoms with Crippen molar-refractivity contribution in [1.82, 2.24) is 5.32 Å². The van der Waals surface area contributed by atoms with Gasteiger partial charge in [0, 0.05) is 11.6 Å². The van der Waals surface area contributed by atoms with Gasteiger partial charge in [0.15, 0.2) is 0 Å². The van der Waals surface area contributed by atoms with Gasteiger partial charge >= 0.3 is 0 Å². The monoisotopic (exact) mass is 226 g/mol. The molecule has 1 fully saturated rings. The topological polar surface area (TPSA) is 55.1 Å². The van der Waals surface area contributed by atoms with Crippen LogP contribution < -0.4 is 11.1 Å². The predicted molar refractivity (Wildman–Crippen MR) is 67.0 cm³/mol. The van der Waals surface area contributed by atoms with Crippen LogP contribution in [-0.2, 0) is 4.79 Å². The second-order valence-electron chi connectivity index (χ2n) is 6.40. The van der Waals surface area contributed by atoms with Gasteiger partial charge in [-0.15, -0.1) is 0 Å². The second kappa shape index (κ2) is 4.36. The first-order valence-corrected chi connectivity index (χ1v) is 6.24. The minimum absolute atomic E-state index is 0.0631. The van der Waals surface area contributed by atoms with Crippen LogP contribution in [0.3, 0.4) is 0 Å². The molecule has 0 aromatic rings. The van der Waals surface area contributed by atoms with Crippen LogP contribution in [0.2, 0.25) is 0 Å². The summed E-state index contributed by atoms with van der Waals surface area (Å²) >= 11 is 0. The lowest BCUT2D eigenvalue weighted by Crippen LogP contribution is -2.56. The summed E-state index contributed by atoms with van der Waals surface area (Å²) in [6.45, 7) is 9.70. The quantitative estimate of drug-likeness (QED) is 0.754. The van der Waals surface area contributed by atoms with Crippen molar-refractivity contribution in [3.8, 4) is 0 Å². The van der Waals surface area contributed by atoms with Crippen molar-refractivity contribution in [2.75, 3.05) is 0 Å². The first-order chi connectivity index (χ1) is 7.14. The highest BCUT2D eigenvalue weighted by molar-refractivity contribution is 5.83. The highest BCUT2D eigenvalue weighted by atomic mass is 16.2. The zero-order valence-electron chi connectivity index (χ0n) is 11.3. The molecule has 0 aromatic carbocycles. The third-order valence-corrected chi connectivity index (χ3v) is 3.94. The highest BCUT2D eigenvalue weighted by Gasteiger charge is 2.40. The van der Waals surface area contributed by atoms with E-state index in [0.29, 0.717) is 0 Å². The molecule has 0 radical (unpaired) electrons. The maximum atomic E-state index is 12.1. The first-order valence-electron chi connectivity index (χ1n) is 6.24. The fraction of sp³-hybridized carbons (Fsp3) is 0.923. The Hall–Kier alpha value is -0.570. The molecule has 1 amide bonds. The Balaban J connectivity index is 2.49. The van der Waals surface area contributed by atoms with E-state index in [4.69, 9.17) is 5.73 Å². The average Bonchev–Trinajstić information content (AvgIpc) is 2.85. The van der Waals surface area contributed by atoms with Gasteiger partial charge < -0.3 is 11.1 Å². The average molecular weight is 226 g/mol. The van der Waals surface area contributed by atoms with E-state index >= 15 is 0 Å². The van der Waals surface area contributed by atoms with Crippen LogP contribution in [0, 0.1) is 11.3 Å². The largest absolute Gasteiger partial charge is 0.353 e. The third kappa shape index (κ3) is 3.21. The fourth-order valence-electron chi connectivity index (χ4n) is 1.61. The zero-order valence-corrected chi connectivity index (χ0v) is 11.3. The van der Waals surface area contributed by atoms with Crippen LogP contribution in [0.25, 0.3) is 0 Å². The molecule has 3 heteroatoms. The summed E-state index contributed by atoms with van der Waals surface area (Å²) in [5.74, 6) is 0.900. The molecule has 16 heavy (non-hydrogen) atoms. The van der Waals surface area contributed by atoms with Crippen molar-refractivity contribution < 1.29 is 4.79 Å². The van der Waals surface area contributed by atoms with Gasteiger partial charge in [-0.25, -0.2) is 0 Å². The van der Waals surface area contributed by atoms with E-state index in [0.717, 1.165) is 12.3 Å². The number of carbonyl (C=O) groups is 1. The zero-order chi connectivity index (χ0) is 12.6. The normalized spacial score (nSPS) is 19.4. The van der Waals surface area contributed by atoms with E-state index in [9.17, 15) is 4.79 Å². The molecular formula is C13H26N2O. The molecule has 0 saturated heterocycles. The fourth-order valence-corrected chi connectivity index (χ4v) is 1.61. The summed E-state index contributed by atoms with van der Waals surface area (Å²) in [6.07, 6.45) is 3.75. The van der Waals surface area contributed by atoms with Crippen molar-refractivity contribution in [2.45, 2.75) is 65.5 Å². The molecule has 0 heterocycles. The Morgan fingerprint density at radius 2 is 1.88 bits per heavy atom. The summed E-state index contributed by atoms with van der Waals surface area (Å²) in [4.78, 5) is 12.1. The molecule has 1 aliphatic carbocycles. The summed E-state index contributed by atoms with van der Waals surface area (Å²) in [7, 11) is 0. The molecule has 1 atom stereocenters. The number of nitrogens with one attached hydrogen (secondary N) is 1.